The molecule has 0 fully saturated rings. The number of amides is 2. The lowest BCUT2D eigenvalue weighted by molar-refractivity contribution is -0.156. The van der Waals surface area contributed by atoms with Crippen molar-refractivity contribution in [2.45, 2.75) is 39.2 Å². The van der Waals surface area contributed by atoms with Crippen LogP contribution >= 0.6 is 0 Å². The number of ether oxygens (including phenoxy) is 1. The van der Waals surface area contributed by atoms with Gasteiger partial charge >= 0.3 is 5.97 Å². The molecule has 0 spiro atoms. The summed E-state index contributed by atoms with van der Waals surface area (Å²) in [4.78, 5) is 34.6. The molecule has 6 nitrogen and oxygen atoms in total. The first-order valence-corrected chi connectivity index (χ1v) is 7.55. The molecule has 0 unspecified atom stereocenters. The molecule has 0 aliphatic heterocycles. The van der Waals surface area contributed by atoms with Crippen LogP contribution in [0.2, 0.25) is 0 Å². The second kappa shape index (κ2) is 8.92. The van der Waals surface area contributed by atoms with E-state index in [1.807, 2.05) is 30.3 Å². The normalized spacial score (nSPS) is 10.7. The predicted octanol–water partition coefficient (Wildman–Crippen LogP) is 1.19. The summed E-state index contributed by atoms with van der Waals surface area (Å²) in [6, 6.07) is 9.77. The molecule has 1 aromatic carbocycles. The van der Waals surface area contributed by atoms with Gasteiger partial charge in [0.1, 0.15) is 12.0 Å². The second-order valence-corrected chi connectivity index (χ2v) is 6.13. The van der Waals surface area contributed by atoms with Crippen LogP contribution in [0.5, 0.6) is 0 Å². The Morgan fingerprint density at radius 1 is 1.00 bits per heavy atom. The maximum absolute atomic E-state index is 11.6. The van der Waals surface area contributed by atoms with Crippen molar-refractivity contribution < 1.29 is 19.1 Å². The third-order valence-corrected chi connectivity index (χ3v) is 2.75. The van der Waals surface area contributed by atoms with Gasteiger partial charge in [0.05, 0.1) is 6.54 Å². The Labute approximate surface area is 136 Å². The van der Waals surface area contributed by atoms with Gasteiger partial charge in [-0.1, -0.05) is 30.3 Å². The van der Waals surface area contributed by atoms with Gasteiger partial charge in [-0.3, -0.25) is 14.4 Å². The zero-order chi connectivity index (χ0) is 17.3. The van der Waals surface area contributed by atoms with Crippen LogP contribution in [-0.4, -0.2) is 36.5 Å². The van der Waals surface area contributed by atoms with Gasteiger partial charge in [-0.2, -0.15) is 0 Å². The number of esters is 1. The topological polar surface area (TPSA) is 84.5 Å². The molecule has 0 aliphatic carbocycles. The number of nitrogens with one attached hydrogen (secondary N) is 2. The summed E-state index contributed by atoms with van der Waals surface area (Å²) in [5, 5.41) is 5.10. The zero-order valence-electron chi connectivity index (χ0n) is 13.8. The van der Waals surface area contributed by atoms with Gasteiger partial charge in [0, 0.05) is 6.54 Å². The Hall–Kier alpha value is -2.37. The van der Waals surface area contributed by atoms with E-state index in [-0.39, 0.29) is 12.5 Å². The van der Waals surface area contributed by atoms with E-state index in [1.54, 1.807) is 20.8 Å². The minimum absolute atomic E-state index is 0.156. The number of benzene rings is 1. The average Bonchev–Trinajstić information content (AvgIpc) is 2.44. The largest absolute Gasteiger partial charge is 0.460 e. The molecule has 6 heteroatoms. The molecule has 1 aromatic rings. The van der Waals surface area contributed by atoms with Crippen molar-refractivity contribution >= 4 is 17.8 Å². The van der Waals surface area contributed by atoms with Crippen LogP contribution in [-0.2, 0) is 25.5 Å². The molecular formula is C17H24N2O4. The highest BCUT2D eigenvalue weighted by Crippen LogP contribution is 2.07. The summed E-state index contributed by atoms with van der Waals surface area (Å²) in [7, 11) is 0. The van der Waals surface area contributed by atoms with E-state index in [2.05, 4.69) is 10.6 Å². The Kier molecular flexibility index (Phi) is 7.25. The van der Waals surface area contributed by atoms with Gasteiger partial charge in [-0.15, -0.1) is 0 Å². The third kappa shape index (κ3) is 9.29. The van der Waals surface area contributed by atoms with Crippen LogP contribution in [0.15, 0.2) is 30.3 Å². The molecule has 0 heterocycles. The molecule has 0 bridgehead atoms. The third-order valence-electron chi connectivity index (χ3n) is 2.75. The molecule has 1 rings (SSSR count). The van der Waals surface area contributed by atoms with Crippen molar-refractivity contribution in [1.82, 2.24) is 10.6 Å². The van der Waals surface area contributed by atoms with Crippen molar-refractivity contribution in [3.05, 3.63) is 35.9 Å². The van der Waals surface area contributed by atoms with E-state index in [4.69, 9.17) is 4.74 Å². The highest BCUT2D eigenvalue weighted by molar-refractivity contribution is 5.95. The lowest BCUT2D eigenvalue weighted by Crippen LogP contribution is -2.38. The van der Waals surface area contributed by atoms with Gasteiger partial charge in [0.15, 0.2) is 0 Å². The Morgan fingerprint density at radius 3 is 2.26 bits per heavy atom. The number of rotatable bonds is 7. The highest BCUT2D eigenvalue weighted by Gasteiger charge is 2.19. The van der Waals surface area contributed by atoms with Crippen LogP contribution in [0.1, 0.15) is 32.8 Å². The maximum atomic E-state index is 11.6. The quantitative estimate of drug-likeness (QED) is 0.584. The van der Waals surface area contributed by atoms with Gasteiger partial charge in [0.2, 0.25) is 11.8 Å². The molecule has 0 saturated carbocycles. The van der Waals surface area contributed by atoms with Crippen LogP contribution in [0.4, 0.5) is 0 Å². The van der Waals surface area contributed by atoms with Crippen LogP contribution < -0.4 is 10.6 Å². The Balaban J connectivity index is 2.17. The summed E-state index contributed by atoms with van der Waals surface area (Å²) in [5.74, 6) is -1.43. The Morgan fingerprint density at radius 2 is 1.65 bits per heavy atom. The maximum Gasteiger partial charge on any atom is 0.315 e. The van der Waals surface area contributed by atoms with Gasteiger partial charge in [-0.25, -0.2) is 0 Å². The minimum atomic E-state index is -0.633. The lowest BCUT2D eigenvalue weighted by Gasteiger charge is -2.19. The number of hydrogen-bond donors (Lipinski definition) is 2. The predicted molar refractivity (Wildman–Crippen MR) is 86.6 cm³/mol. The molecule has 0 aromatic heterocycles. The lowest BCUT2D eigenvalue weighted by atomic mass is 10.1. The van der Waals surface area contributed by atoms with E-state index in [9.17, 15) is 14.4 Å². The number of carbonyl (C=O) groups excluding carboxylic acids is 3. The van der Waals surface area contributed by atoms with E-state index >= 15 is 0 Å². The molecule has 0 saturated heterocycles. The highest BCUT2D eigenvalue weighted by atomic mass is 16.6. The first kappa shape index (κ1) is 18.7. The summed E-state index contributed by atoms with van der Waals surface area (Å²) < 4.78 is 5.03. The molecule has 0 aliphatic rings. The van der Waals surface area contributed by atoms with Crippen molar-refractivity contribution in [2.24, 2.45) is 0 Å². The van der Waals surface area contributed by atoms with E-state index < -0.39 is 23.9 Å². The molecule has 2 amide bonds. The standard InChI is InChI=1S/C17H24N2O4/c1-17(2,3)23-16(22)11-14(20)19-12-15(21)18-10-9-13-7-5-4-6-8-13/h4-8H,9-12H2,1-3H3,(H,18,21)(H,19,20). The van der Waals surface area contributed by atoms with Crippen molar-refractivity contribution in [3.8, 4) is 0 Å². The van der Waals surface area contributed by atoms with Gasteiger partial charge < -0.3 is 15.4 Å². The van der Waals surface area contributed by atoms with Crippen molar-refractivity contribution in [3.63, 3.8) is 0 Å². The smallest absolute Gasteiger partial charge is 0.315 e. The summed E-state index contributed by atoms with van der Waals surface area (Å²) in [6.45, 7) is 5.51. The summed E-state index contributed by atoms with van der Waals surface area (Å²) in [6.07, 6.45) is 0.326. The van der Waals surface area contributed by atoms with E-state index in [1.165, 1.54) is 0 Å². The molecule has 2 N–H and O–H groups in total. The Bertz CT molecular complexity index is 535. The fourth-order valence-electron chi connectivity index (χ4n) is 1.80. The number of hydrogen-bond acceptors (Lipinski definition) is 4. The van der Waals surface area contributed by atoms with Gasteiger partial charge in [-0.05, 0) is 32.8 Å². The monoisotopic (exact) mass is 320 g/mol. The minimum Gasteiger partial charge on any atom is -0.460 e. The van der Waals surface area contributed by atoms with Gasteiger partial charge in [0.25, 0.3) is 0 Å². The average molecular weight is 320 g/mol. The summed E-state index contributed by atoms with van der Waals surface area (Å²) >= 11 is 0. The molecular weight excluding hydrogens is 296 g/mol. The summed E-state index contributed by atoms with van der Waals surface area (Å²) in [5.41, 5.74) is 0.494. The first-order valence-electron chi connectivity index (χ1n) is 7.55. The first-order chi connectivity index (χ1) is 10.8. The molecule has 0 radical (unpaired) electrons. The van der Waals surface area contributed by atoms with Crippen LogP contribution in [0, 0.1) is 0 Å². The van der Waals surface area contributed by atoms with E-state index in [0.717, 1.165) is 12.0 Å². The van der Waals surface area contributed by atoms with E-state index in [0.29, 0.717) is 6.54 Å². The fraction of sp³-hybridized carbons (Fsp3) is 0.471. The second-order valence-electron chi connectivity index (χ2n) is 6.13. The molecule has 23 heavy (non-hydrogen) atoms. The fourth-order valence-corrected chi connectivity index (χ4v) is 1.80. The zero-order valence-corrected chi connectivity index (χ0v) is 13.8. The van der Waals surface area contributed by atoms with Crippen molar-refractivity contribution in [2.75, 3.05) is 13.1 Å². The molecule has 0 atom stereocenters. The molecule has 126 valence electrons. The number of carbonyl (C=O) groups is 3. The SMILES string of the molecule is CC(C)(C)OC(=O)CC(=O)NCC(=O)NCCc1ccccc1. The van der Waals surface area contributed by atoms with Crippen LogP contribution in [0.25, 0.3) is 0 Å². The van der Waals surface area contributed by atoms with Crippen molar-refractivity contribution in [1.29, 1.82) is 0 Å². The van der Waals surface area contributed by atoms with Crippen LogP contribution in [0.3, 0.4) is 0 Å².